The Morgan fingerprint density at radius 3 is 2.60 bits per heavy atom. The molecule has 3 rings (SSSR count). The van der Waals surface area contributed by atoms with Crippen molar-refractivity contribution in [1.82, 2.24) is 4.98 Å². The van der Waals surface area contributed by atoms with Crippen LogP contribution in [0.5, 0.6) is 0 Å². The largest absolute Gasteiger partial charge is 0.384 e. The quantitative estimate of drug-likeness (QED) is 0.695. The average molecular weight is 389 g/mol. The molecule has 0 unspecified atom stereocenters. The first-order valence-corrected chi connectivity index (χ1v) is 8.53. The topological polar surface area (TPSA) is 106 Å². The molecule has 0 saturated carbocycles. The normalized spacial score (nSPS) is 10.4. The van der Waals surface area contributed by atoms with Gasteiger partial charge in [-0.3, -0.25) is 4.79 Å². The molecule has 0 aliphatic carbocycles. The Bertz CT molecular complexity index is 1040. The van der Waals surface area contributed by atoms with E-state index < -0.39 is 5.91 Å². The summed E-state index contributed by atoms with van der Waals surface area (Å²) in [6.45, 7) is 0. The van der Waals surface area contributed by atoms with Crippen molar-refractivity contribution < 1.29 is 4.79 Å². The van der Waals surface area contributed by atoms with Gasteiger partial charge in [0.05, 0.1) is 10.4 Å². The minimum absolute atomic E-state index is 0.242. The Hall–Kier alpha value is -2.59. The minimum atomic E-state index is -0.643. The number of thiophene rings is 1. The molecule has 25 heavy (non-hydrogen) atoms. The first-order valence-electron chi connectivity index (χ1n) is 6.96. The third kappa shape index (κ3) is 3.17. The van der Waals surface area contributed by atoms with Crippen LogP contribution in [-0.4, -0.2) is 10.9 Å². The van der Waals surface area contributed by atoms with Gasteiger partial charge in [0, 0.05) is 27.4 Å². The molecule has 0 aliphatic heterocycles. The number of nitrogens with zero attached hydrogens (tertiary/aromatic N) is 2. The summed E-state index contributed by atoms with van der Waals surface area (Å²) in [7, 11) is 0. The van der Waals surface area contributed by atoms with E-state index in [1.54, 1.807) is 30.3 Å². The molecule has 0 atom stereocenters. The van der Waals surface area contributed by atoms with Gasteiger partial charge in [-0.15, -0.1) is 11.3 Å². The SMILES string of the molecule is N#Cc1c(-c2ccnc(N)c2)sc(C(N)=O)c1-c1ccc(Cl)cc1Cl. The summed E-state index contributed by atoms with van der Waals surface area (Å²) in [5.41, 5.74) is 13.1. The van der Waals surface area contributed by atoms with Gasteiger partial charge in [0.15, 0.2) is 0 Å². The molecule has 5 nitrogen and oxygen atoms in total. The fourth-order valence-corrected chi connectivity index (χ4v) is 4.07. The summed E-state index contributed by atoms with van der Waals surface area (Å²) in [5.74, 6) is -0.336. The van der Waals surface area contributed by atoms with Gasteiger partial charge in [-0.25, -0.2) is 4.98 Å². The van der Waals surface area contributed by atoms with Crippen molar-refractivity contribution in [2.45, 2.75) is 0 Å². The maximum absolute atomic E-state index is 12.0. The van der Waals surface area contributed by atoms with Crippen molar-refractivity contribution in [3.63, 3.8) is 0 Å². The number of hydrogen-bond acceptors (Lipinski definition) is 5. The standard InChI is InChI=1S/C17H10Cl2N4OS/c18-9-1-2-10(12(19)6-9)14-11(7-20)15(25-16(14)17(22)24)8-3-4-23-13(21)5-8/h1-6H,(H2,21,23)(H2,22,24). The predicted octanol–water partition coefficient (Wildman–Crippen LogP) is 4.34. The first-order chi connectivity index (χ1) is 11.9. The number of nitrogens with two attached hydrogens (primary N) is 2. The molecule has 0 spiro atoms. The maximum Gasteiger partial charge on any atom is 0.259 e. The van der Waals surface area contributed by atoms with Gasteiger partial charge in [0.2, 0.25) is 0 Å². The molecule has 1 aromatic carbocycles. The molecule has 0 aliphatic rings. The van der Waals surface area contributed by atoms with E-state index >= 15 is 0 Å². The Balaban J connectivity index is 2.35. The van der Waals surface area contributed by atoms with Crippen LogP contribution >= 0.6 is 34.5 Å². The molecule has 0 radical (unpaired) electrons. The van der Waals surface area contributed by atoms with Crippen LogP contribution in [0.2, 0.25) is 10.0 Å². The van der Waals surface area contributed by atoms with Crippen LogP contribution in [0, 0.1) is 11.3 Å². The van der Waals surface area contributed by atoms with Crippen LogP contribution in [0.4, 0.5) is 5.82 Å². The van der Waals surface area contributed by atoms with E-state index in [1.807, 2.05) is 0 Å². The van der Waals surface area contributed by atoms with Crippen LogP contribution in [0.25, 0.3) is 21.6 Å². The van der Waals surface area contributed by atoms with Crippen molar-refractivity contribution in [1.29, 1.82) is 5.26 Å². The number of carbonyl (C=O) groups is 1. The third-order valence-corrected chi connectivity index (χ3v) is 5.29. The fraction of sp³-hybridized carbons (Fsp3) is 0. The lowest BCUT2D eigenvalue weighted by atomic mass is 9.98. The highest BCUT2D eigenvalue weighted by Gasteiger charge is 2.25. The van der Waals surface area contributed by atoms with Crippen LogP contribution < -0.4 is 11.5 Å². The zero-order valence-electron chi connectivity index (χ0n) is 12.6. The number of halogens is 2. The molecule has 0 fully saturated rings. The number of nitrogen functional groups attached to an aromatic ring is 1. The summed E-state index contributed by atoms with van der Waals surface area (Å²) in [5, 5.41) is 10.5. The van der Waals surface area contributed by atoms with Gasteiger partial charge in [-0.1, -0.05) is 29.3 Å². The van der Waals surface area contributed by atoms with Gasteiger partial charge in [-0.05, 0) is 29.8 Å². The molecule has 0 bridgehead atoms. The Morgan fingerprint density at radius 1 is 1.24 bits per heavy atom. The number of anilines is 1. The van der Waals surface area contributed by atoms with Crippen LogP contribution in [0.1, 0.15) is 15.2 Å². The third-order valence-electron chi connectivity index (χ3n) is 3.49. The summed E-state index contributed by atoms with van der Waals surface area (Å²) in [6, 6.07) is 10.3. The summed E-state index contributed by atoms with van der Waals surface area (Å²) < 4.78 is 0. The number of amides is 1. The molecule has 4 N–H and O–H groups in total. The van der Waals surface area contributed by atoms with E-state index in [0.717, 1.165) is 11.3 Å². The van der Waals surface area contributed by atoms with Gasteiger partial charge in [0.25, 0.3) is 5.91 Å². The lowest BCUT2D eigenvalue weighted by molar-refractivity contribution is 0.100. The molecular weight excluding hydrogens is 379 g/mol. The second-order valence-electron chi connectivity index (χ2n) is 5.08. The molecule has 124 valence electrons. The Kier molecular flexibility index (Phi) is 4.64. The average Bonchev–Trinajstić information content (AvgIpc) is 2.94. The Morgan fingerprint density at radius 2 is 2.00 bits per heavy atom. The van der Waals surface area contributed by atoms with Crippen LogP contribution in [0.15, 0.2) is 36.5 Å². The molecule has 2 heterocycles. The van der Waals surface area contributed by atoms with E-state index in [2.05, 4.69) is 11.1 Å². The number of aromatic nitrogens is 1. The van der Waals surface area contributed by atoms with Gasteiger partial charge >= 0.3 is 0 Å². The zero-order chi connectivity index (χ0) is 18.1. The van der Waals surface area contributed by atoms with Crippen molar-refractivity contribution >= 4 is 46.3 Å². The number of nitriles is 1. The molecule has 1 amide bonds. The number of primary amides is 1. The van der Waals surface area contributed by atoms with Crippen LogP contribution in [0.3, 0.4) is 0 Å². The van der Waals surface area contributed by atoms with E-state index in [9.17, 15) is 10.1 Å². The number of pyridine rings is 1. The number of rotatable bonds is 3. The van der Waals surface area contributed by atoms with Gasteiger partial charge < -0.3 is 11.5 Å². The van der Waals surface area contributed by atoms with Crippen molar-refractivity contribution in [2.24, 2.45) is 5.73 Å². The second-order valence-corrected chi connectivity index (χ2v) is 6.94. The lowest BCUT2D eigenvalue weighted by Crippen LogP contribution is -2.10. The lowest BCUT2D eigenvalue weighted by Gasteiger charge is -2.06. The maximum atomic E-state index is 12.0. The molecular formula is C17H10Cl2N4OS. The predicted molar refractivity (Wildman–Crippen MR) is 101 cm³/mol. The summed E-state index contributed by atoms with van der Waals surface area (Å²) in [6.07, 6.45) is 1.53. The fourth-order valence-electron chi connectivity index (χ4n) is 2.45. The molecule has 0 saturated heterocycles. The number of benzene rings is 1. The minimum Gasteiger partial charge on any atom is -0.384 e. The van der Waals surface area contributed by atoms with Gasteiger partial charge in [0.1, 0.15) is 16.8 Å². The number of carbonyl (C=O) groups excluding carboxylic acids is 1. The van der Waals surface area contributed by atoms with Crippen molar-refractivity contribution in [2.75, 3.05) is 5.73 Å². The molecule has 2 aromatic heterocycles. The highest BCUT2D eigenvalue weighted by molar-refractivity contribution is 7.18. The molecule has 8 heteroatoms. The van der Waals surface area contributed by atoms with Crippen LogP contribution in [-0.2, 0) is 0 Å². The first kappa shape index (κ1) is 17.2. The van der Waals surface area contributed by atoms with E-state index in [4.69, 9.17) is 34.7 Å². The number of hydrogen-bond donors (Lipinski definition) is 2. The highest BCUT2D eigenvalue weighted by atomic mass is 35.5. The van der Waals surface area contributed by atoms with Crippen molar-refractivity contribution in [3.8, 4) is 27.6 Å². The van der Waals surface area contributed by atoms with E-state index in [1.165, 1.54) is 6.20 Å². The molecule has 3 aromatic rings. The Labute approximate surface area is 157 Å². The second kappa shape index (κ2) is 6.73. The van der Waals surface area contributed by atoms with Gasteiger partial charge in [-0.2, -0.15) is 5.26 Å². The zero-order valence-corrected chi connectivity index (χ0v) is 14.9. The van der Waals surface area contributed by atoms with Crippen molar-refractivity contribution in [3.05, 3.63) is 57.0 Å². The van der Waals surface area contributed by atoms with E-state index in [0.29, 0.717) is 43.0 Å². The monoisotopic (exact) mass is 388 g/mol. The summed E-state index contributed by atoms with van der Waals surface area (Å²) in [4.78, 5) is 16.7. The highest BCUT2D eigenvalue weighted by Crippen LogP contribution is 2.44. The van der Waals surface area contributed by atoms with E-state index in [-0.39, 0.29) is 4.88 Å². The smallest absolute Gasteiger partial charge is 0.259 e. The summed E-state index contributed by atoms with van der Waals surface area (Å²) >= 11 is 13.3.